The second-order valence-corrected chi connectivity index (χ2v) is 6.81. The lowest BCUT2D eigenvalue weighted by molar-refractivity contribution is -0.212. The van der Waals surface area contributed by atoms with E-state index < -0.39 is 34.5 Å². The molecule has 0 aliphatic carbocycles. The third-order valence-electron chi connectivity index (χ3n) is 2.66. The molecular formula is C12H14F3NO3S2. The van der Waals surface area contributed by atoms with Crippen LogP contribution >= 0.6 is 12.2 Å². The Bertz CT molecular complexity index is 614. The van der Waals surface area contributed by atoms with Crippen molar-refractivity contribution in [2.75, 3.05) is 12.4 Å². The Morgan fingerprint density at radius 1 is 1.43 bits per heavy atom. The standard InChI is InChI=1S/C12H14F3NO3S2/c1-8(12(13,14)15)19-5-6-21(17,18)10-4-2-3-9(7-10)11(16)20/h2-4,7-8H,5-6H2,1H3,(H2,16,20). The quantitative estimate of drug-likeness (QED) is 0.802. The van der Waals surface area contributed by atoms with Crippen LogP contribution in [-0.4, -0.2) is 38.0 Å². The van der Waals surface area contributed by atoms with Crippen LogP contribution < -0.4 is 5.73 Å². The maximum Gasteiger partial charge on any atom is 0.414 e. The summed E-state index contributed by atoms with van der Waals surface area (Å²) in [5.41, 5.74) is 5.77. The normalized spacial score (nSPS) is 13.9. The molecule has 0 aromatic heterocycles. The zero-order chi connectivity index (χ0) is 16.3. The highest BCUT2D eigenvalue weighted by Gasteiger charge is 2.37. The summed E-state index contributed by atoms with van der Waals surface area (Å²) in [6, 6.07) is 5.61. The molecule has 0 aliphatic rings. The van der Waals surface area contributed by atoms with Gasteiger partial charge in [0.05, 0.1) is 17.3 Å². The molecule has 0 amide bonds. The number of hydrogen-bond acceptors (Lipinski definition) is 4. The summed E-state index contributed by atoms with van der Waals surface area (Å²) in [7, 11) is -3.76. The van der Waals surface area contributed by atoms with Gasteiger partial charge in [0.25, 0.3) is 0 Å². The van der Waals surface area contributed by atoms with Crippen LogP contribution in [0.3, 0.4) is 0 Å². The Balaban J connectivity index is 2.74. The molecule has 0 fully saturated rings. The van der Waals surface area contributed by atoms with E-state index in [0.29, 0.717) is 5.56 Å². The highest BCUT2D eigenvalue weighted by molar-refractivity contribution is 7.91. The van der Waals surface area contributed by atoms with Crippen molar-refractivity contribution in [1.29, 1.82) is 0 Å². The first-order valence-corrected chi connectivity index (χ1v) is 7.91. The van der Waals surface area contributed by atoms with E-state index in [0.717, 1.165) is 6.92 Å². The van der Waals surface area contributed by atoms with Gasteiger partial charge >= 0.3 is 6.18 Å². The van der Waals surface area contributed by atoms with E-state index in [-0.39, 0.29) is 9.88 Å². The van der Waals surface area contributed by atoms with Gasteiger partial charge < -0.3 is 10.5 Å². The Kier molecular flexibility index (Phi) is 5.71. The molecule has 0 bridgehead atoms. The first kappa shape index (κ1) is 17.9. The Morgan fingerprint density at radius 2 is 2.05 bits per heavy atom. The summed E-state index contributed by atoms with van der Waals surface area (Å²) in [5, 5.41) is 0. The number of hydrogen-bond donors (Lipinski definition) is 1. The fourth-order valence-electron chi connectivity index (χ4n) is 1.39. The average Bonchev–Trinajstić information content (AvgIpc) is 2.37. The smallest absolute Gasteiger partial charge is 0.389 e. The molecule has 0 spiro atoms. The molecule has 1 atom stereocenters. The van der Waals surface area contributed by atoms with Crippen LogP contribution in [0.4, 0.5) is 13.2 Å². The molecule has 1 aromatic rings. The van der Waals surface area contributed by atoms with Crippen LogP contribution in [0.15, 0.2) is 29.2 Å². The molecule has 118 valence electrons. The minimum Gasteiger partial charge on any atom is -0.389 e. The first-order valence-electron chi connectivity index (χ1n) is 5.85. The largest absolute Gasteiger partial charge is 0.414 e. The van der Waals surface area contributed by atoms with Crippen molar-refractivity contribution >= 4 is 27.0 Å². The number of halogens is 3. The number of benzene rings is 1. The van der Waals surface area contributed by atoms with E-state index in [2.05, 4.69) is 4.74 Å². The van der Waals surface area contributed by atoms with Gasteiger partial charge in [0, 0.05) is 5.56 Å². The van der Waals surface area contributed by atoms with Gasteiger partial charge in [-0.1, -0.05) is 24.4 Å². The lowest BCUT2D eigenvalue weighted by Gasteiger charge is -2.16. The highest BCUT2D eigenvalue weighted by atomic mass is 32.2. The number of nitrogens with two attached hydrogens (primary N) is 1. The van der Waals surface area contributed by atoms with Crippen molar-refractivity contribution in [1.82, 2.24) is 0 Å². The molecule has 1 unspecified atom stereocenters. The van der Waals surface area contributed by atoms with Gasteiger partial charge in [-0.25, -0.2) is 8.42 Å². The van der Waals surface area contributed by atoms with E-state index in [4.69, 9.17) is 18.0 Å². The molecule has 9 heteroatoms. The monoisotopic (exact) mass is 341 g/mol. The molecule has 0 heterocycles. The maximum absolute atomic E-state index is 12.2. The number of thiocarbonyl (C=S) groups is 1. The van der Waals surface area contributed by atoms with Crippen molar-refractivity contribution in [2.24, 2.45) is 5.73 Å². The second kappa shape index (κ2) is 6.71. The lowest BCUT2D eigenvalue weighted by atomic mass is 10.2. The molecule has 4 nitrogen and oxygen atoms in total. The summed E-state index contributed by atoms with van der Waals surface area (Å²) in [6.45, 7) is 0.264. The van der Waals surface area contributed by atoms with Gasteiger partial charge in [0.2, 0.25) is 0 Å². The molecule has 1 rings (SSSR count). The second-order valence-electron chi connectivity index (χ2n) is 4.27. The summed E-state index contributed by atoms with van der Waals surface area (Å²) in [5.74, 6) is -0.561. The average molecular weight is 341 g/mol. The summed E-state index contributed by atoms with van der Waals surface area (Å²) in [6.07, 6.45) is -6.54. The third kappa shape index (κ3) is 5.25. The zero-order valence-electron chi connectivity index (χ0n) is 11.1. The minimum atomic E-state index is -4.52. The van der Waals surface area contributed by atoms with Crippen LogP contribution in [0.5, 0.6) is 0 Å². The van der Waals surface area contributed by atoms with Crippen LogP contribution in [0.1, 0.15) is 12.5 Å². The fraction of sp³-hybridized carbons (Fsp3) is 0.417. The van der Waals surface area contributed by atoms with Crippen LogP contribution in [-0.2, 0) is 14.6 Å². The summed E-state index contributed by atoms with van der Waals surface area (Å²) in [4.78, 5) is -0.0231. The van der Waals surface area contributed by atoms with Crippen molar-refractivity contribution < 1.29 is 26.3 Å². The first-order chi connectivity index (χ1) is 9.54. The van der Waals surface area contributed by atoms with Gasteiger partial charge in [-0.2, -0.15) is 13.2 Å². The van der Waals surface area contributed by atoms with E-state index in [1.54, 1.807) is 6.07 Å². The van der Waals surface area contributed by atoms with Gasteiger partial charge in [-0.05, 0) is 19.1 Å². The Hall–Kier alpha value is -1.19. The van der Waals surface area contributed by atoms with Crippen molar-refractivity contribution in [3.05, 3.63) is 29.8 Å². The molecule has 21 heavy (non-hydrogen) atoms. The Morgan fingerprint density at radius 3 is 2.57 bits per heavy atom. The van der Waals surface area contributed by atoms with Crippen LogP contribution in [0.25, 0.3) is 0 Å². The SMILES string of the molecule is CC(OCCS(=O)(=O)c1cccc(C(N)=S)c1)C(F)(F)F. The molecule has 0 radical (unpaired) electrons. The molecule has 1 aromatic carbocycles. The number of ether oxygens (including phenoxy) is 1. The topological polar surface area (TPSA) is 69.4 Å². The van der Waals surface area contributed by atoms with Gasteiger partial charge in [0.15, 0.2) is 15.9 Å². The summed E-state index contributed by atoms with van der Waals surface area (Å²) < 4.78 is 65.2. The third-order valence-corrected chi connectivity index (χ3v) is 4.57. The summed E-state index contributed by atoms with van der Waals surface area (Å²) >= 11 is 4.74. The van der Waals surface area contributed by atoms with E-state index in [9.17, 15) is 21.6 Å². The van der Waals surface area contributed by atoms with Gasteiger partial charge in [0.1, 0.15) is 4.99 Å². The molecular weight excluding hydrogens is 327 g/mol. The Labute approximate surface area is 126 Å². The highest BCUT2D eigenvalue weighted by Crippen LogP contribution is 2.22. The minimum absolute atomic E-state index is 0.0361. The van der Waals surface area contributed by atoms with Crippen molar-refractivity contribution in [2.45, 2.75) is 24.1 Å². The van der Waals surface area contributed by atoms with Crippen LogP contribution in [0, 0.1) is 0 Å². The van der Waals surface area contributed by atoms with E-state index in [1.807, 2.05) is 0 Å². The maximum atomic E-state index is 12.2. The van der Waals surface area contributed by atoms with E-state index >= 15 is 0 Å². The predicted molar refractivity (Wildman–Crippen MR) is 75.9 cm³/mol. The number of rotatable bonds is 6. The molecule has 2 N–H and O–H groups in total. The lowest BCUT2D eigenvalue weighted by Crippen LogP contribution is -2.30. The van der Waals surface area contributed by atoms with Crippen LogP contribution in [0.2, 0.25) is 0 Å². The van der Waals surface area contributed by atoms with Gasteiger partial charge in [-0.15, -0.1) is 0 Å². The van der Waals surface area contributed by atoms with Crippen molar-refractivity contribution in [3.63, 3.8) is 0 Å². The fourth-order valence-corrected chi connectivity index (χ4v) is 2.66. The van der Waals surface area contributed by atoms with Gasteiger partial charge in [-0.3, -0.25) is 0 Å². The predicted octanol–water partition coefficient (Wildman–Crippen LogP) is 2.06. The number of sulfone groups is 1. The van der Waals surface area contributed by atoms with E-state index in [1.165, 1.54) is 18.2 Å². The molecule has 0 saturated heterocycles. The number of alkyl halides is 3. The molecule has 0 saturated carbocycles. The molecule has 0 aliphatic heterocycles. The zero-order valence-corrected chi connectivity index (χ0v) is 12.7. The van der Waals surface area contributed by atoms with Crippen molar-refractivity contribution in [3.8, 4) is 0 Å².